The van der Waals surface area contributed by atoms with Crippen molar-refractivity contribution in [3.8, 4) is 6.07 Å². The fraction of sp³-hybridized carbons (Fsp3) is 0.350. The minimum Gasteiger partial charge on any atom is -0.353 e. The summed E-state index contributed by atoms with van der Waals surface area (Å²) in [6, 6.07) is 11.7. The van der Waals surface area contributed by atoms with Gasteiger partial charge in [-0.25, -0.2) is 9.37 Å². The molecular weight excluding hydrogens is 345 g/mol. The summed E-state index contributed by atoms with van der Waals surface area (Å²) < 4.78 is 13.0. The summed E-state index contributed by atoms with van der Waals surface area (Å²) in [4.78, 5) is 20.8. The van der Waals surface area contributed by atoms with E-state index in [4.69, 9.17) is 0 Å². The molecule has 7 heteroatoms. The highest BCUT2D eigenvalue weighted by Crippen LogP contribution is 2.18. The van der Waals surface area contributed by atoms with Gasteiger partial charge in [0.2, 0.25) is 5.91 Å². The number of aromatic nitrogens is 1. The molecule has 3 rings (SSSR count). The zero-order chi connectivity index (χ0) is 19.2. The van der Waals surface area contributed by atoms with Crippen molar-refractivity contribution >= 4 is 11.7 Å². The summed E-state index contributed by atoms with van der Waals surface area (Å²) >= 11 is 0. The molecule has 1 aliphatic heterocycles. The molecule has 1 fully saturated rings. The van der Waals surface area contributed by atoms with Crippen LogP contribution in [0, 0.1) is 17.1 Å². The van der Waals surface area contributed by atoms with E-state index < -0.39 is 0 Å². The number of nitrogens with zero attached hydrogens (tertiary/aromatic N) is 4. The van der Waals surface area contributed by atoms with Crippen LogP contribution < -0.4 is 10.2 Å². The van der Waals surface area contributed by atoms with Crippen LogP contribution in [0.4, 0.5) is 10.2 Å². The van der Waals surface area contributed by atoms with Crippen molar-refractivity contribution < 1.29 is 9.18 Å². The average Bonchev–Trinajstić information content (AvgIpc) is 2.69. The number of rotatable bonds is 5. The number of carbonyl (C=O) groups is 1. The third-order valence-electron chi connectivity index (χ3n) is 4.69. The van der Waals surface area contributed by atoms with E-state index in [-0.39, 0.29) is 17.8 Å². The van der Waals surface area contributed by atoms with Gasteiger partial charge in [-0.3, -0.25) is 9.69 Å². The van der Waals surface area contributed by atoms with E-state index in [1.54, 1.807) is 30.5 Å². The number of hydrogen-bond donors (Lipinski definition) is 1. The average molecular weight is 367 g/mol. The van der Waals surface area contributed by atoms with Gasteiger partial charge in [-0.05, 0) is 36.8 Å². The lowest BCUT2D eigenvalue weighted by Gasteiger charge is -2.35. The Bertz CT molecular complexity index is 825. The van der Waals surface area contributed by atoms with Gasteiger partial charge in [-0.1, -0.05) is 12.1 Å². The summed E-state index contributed by atoms with van der Waals surface area (Å²) in [7, 11) is 0. The van der Waals surface area contributed by atoms with Crippen LogP contribution in [0.3, 0.4) is 0 Å². The van der Waals surface area contributed by atoms with Crippen LogP contribution in [-0.4, -0.2) is 48.5 Å². The lowest BCUT2D eigenvalue weighted by atomic mass is 10.1. The van der Waals surface area contributed by atoms with Crippen LogP contribution in [0.15, 0.2) is 42.6 Å². The maximum absolute atomic E-state index is 13.0. The second-order valence-corrected chi connectivity index (χ2v) is 6.59. The number of pyridine rings is 1. The summed E-state index contributed by atoms with van der Waals surface area (Å²) in [6.07, 6.45) is 1.69. The molecule has 27 heavy (non-hydrogen) atoms. The van der Waals surface area contributed by atoms with E-state index >= 15 is 0 Å². The normalized spacial score (nSPS) is 15.8. The smallest absolute Gasteiger partial charge is 0.234 e. The van der Waals surface area contributed by atoms with Crippen LogP contribution in [0.5, 0.6) is 0 Å². The van der Waals surface area contributed by atoms with Gasteiger partial charge in [0, 0.05) is 32.4 Å². The van der Waals surface area contributed by atoms with Gasteiger partial charge in [0.05, 0.1) is 18.2 Å². The Balaban J connectivity index is 1.49. The first-order valence-electron chi connectivity index (χ1n) is 8.94. The molecule has 0 spiro atoms. The predicted molar refractivity (Wildman–Crippen MR) is 101 cm³/mol. The van der Waals surface area contributed by atoms with E-state index in [1.807, 2.05) is 6.92 Å². The maximum Gasteiger partial charge on any atom is 0.234 e. The van der Waals surface area contributed by atoms with Gasteiger partial charge >= 0.3 is 0 Å². The number of benzene rings is 1. The molecule has 2 heterocycles. The maximum atomic E-state index is 13.0. The third-order valence-corrected chi connectivity index (χ3v) is 4.69. The Morgan fingerprint density at radius 2 is 1.96 bits per heavy atom. The van der Waals surface area contributed by atoms with E-state index in [1.165, 1.54) is 12.1 Å². The fourth-order valence-corrected chi connectivity index (χ4v) is 3.18. The van der Waals surface area contributed by atoms with E-state index in [9.17, 15) is 14.4 Å². The van der Waals surface area contributed by atoms with Crippen LogP contribution in [0.2, 0.25) is 0 Å². The number of carbonyl (C=O) groups excluding carboxylic acids is 1. The molecule has 0 radical (unpaired) electrons. The summed E-state index contributed by atoms with van der Waals surface area (Å²) in [5, 5.41) is 12.2. The molecule has 6 nitrogen and oxygen atoms in total. The Hall–Kier alpha value is -2.98. The van der Waals surface area contributed by atoms with E-state index in [2.05, 4.69) is 26.2 Å². The third kappa shape index (κ3) is 4.80. The largest absolute Gasteiger partial charge is 0.353 e. The summed E-state index contributed by atoms with van der Waals surface area (Å²) in [6.45, 7) is 5.07. The molecule has 1 aromatic heterocycles. The number of piperazine rings is 1. The molecule has 1 atom stereocenters. The van der Waals surface area contributed by atoms with E-state index in [0.29, 0.717) is 31.0 Å². The fourth-order valence-electron chi connectivity index (χ4n) is 3.18. The number of amides is 1. The Labute approximate surface area is 158 Å². The monoisotopic (exact) mass is 367 g/mol. The van der Waals surface area contributed by atoms with Crippen molar-refractivity contribution in [2.75, 3.05) is 37.6 Å². The second-order valence-electron chi connectivity index (χ2n) is 6.59. The van der Waals surface area contributed by atoms with Gasteiger partial charge in [0.15, 0.2) is 0 Å². The Kier molecular flexibility index (Phi) is 5.99. The number of nitrogens with one attached hydrogen (secondary N) is 1. The molecule has 0 bridgehead atoms. The van der Waals surface area contributed by atoms with Gasteiger partial charge in [-0.15, -0.1) is 0 Å². The molecule has 0 saturated carbocycles. The van der Waals surface area contributed by atoms with Crippen molar-refractivity contribution in [2.45, 2.75) is 13.0 Å². The standard InChI is InChI=1S/C20H22FN5O/c1-15(16-4-6-18(21)7-5-16)24-19(27)14-25-9-11-26(12-10-25)20-17(13-22)3-2-8-23-20/h2-8,15H,9-12,14H2,1H3,(H,24,27). The highest BCUT2D eigenvalue weighted by molar-refractivity contribution is 5.78. The zero-order valence-electron chi connectivity index (χ0n) is 15.2. The molecule has 0 aliphatic carbocycles. The van der Waals surface area contributed by atoms with Gasteiger partial charge in [0.1, 0.15) is 17.7 Å². The molecule has 140 valence electrons. The zero-order valence-corrected chi connectivity index (χ0v) is 15.2. The summed E-state index contributed by atoms with van der Waals surface area (Å²) in [5.41, 5.74) is 1.44. The topological polar surface area (TPSA) is 72.3 Å². The van der Waals surface area contributed by atoms with Crippen molar-refractivity contribution in [2.24, 2.45) is 0 Å². The predicted octanol–water partition coefficient (Wildman–Crippen LogP) is 2.09. The number of halogens is 1. The van der Waals surface area contributed by atoms with Crippen molar-refractivity contribution in [1.29, 1.82) is 5.26 Å². The van der Waals surface area contributed by atoms with E-state index in [0.717, 1.165) is 18.7 Å². The minimum absolute atomic E-state index is 0.0594. The first-order chi connectivity index (χ1) is 13.1. The lowest BCUT2D eigenvalue weighted by Crippen LogP contribution is -2.50. The Morgan fingerprint density at radius 3 is 2.63 bits per heavy atom. The molecule has 1 amide bonds. The molecule has 1 N–H and O–H groups in total. The second kappa shape index (κ2) is 8.60. The number of nitriles is 1. The van der Waals surface area contributed by atoms with Crippen LogP contribution in [0.25, 0.3) is 0 Å². The quantitative estimate of drug-likeness (QED) is 0.876. The van der Waals surface area contributed by atoms with Crippen molar-refractivity contribution in [3.05, 3.63) is 59.5 Å². The van der Waals surface area contributed by atoms with Gasteiger partial charge in [-0.2, -0.15) is 5.26 Å². The molecule has 1 unspecified atom stereocenters. The van der Waals surface area contributed by atoms with Crippen LogP contribution in [0.1, 0.15) is 24.1 Å². The van der Waals surface area contributed by atoms with Crippen LogP contribution in [-0.2, 0) is 4.79 Å². The SMILES string of the molecule is CC(NC(=O)CN1CCN(c2ncccc2C#N)CC1)c1ccc(F)cc1. The number of anilines is 1. The van der Waals surface area contributed by atoms with Crippen molar-refractivity contribution in [3.63, 3.8) is 0 Å². The molecule has 1 saturated heterocycles. The summed E-state index contributed by atoms with van der Waals surface area (Å²) in [5.74, 6) is 0.354. The first-order valence-corrected chi connectivity index (χ1v) is 8.94. The minimum atomic E-state index is -0.289. The molecule has 1 aliphatic rings. The molecular formula is C20H22FN5O. The number of hydrogen-bond acceptors (Lipinski definition) is 5. The first kappa shape index (κ1) is 18.8. The highest BCUT2D eigenvalue weighted by atomic mass is 19.1. The Morgan fingerprint density at radius 1 is 1.26 bits per heavy atom. The highest BCUT2D eigenvalue weighted by Gasteiger charge is 2.22. The van der Waals surface area contributed by atoms with Gasteiger partial charge in [0.25, 0.3) is 0 Å². The van der Waals surface area contributed by atoms with Crippen molar-refractivity contribution in [1.82, 2.24) is 15.2 Å². The van der Waals surface area contributed by atoms with Gasteiger partial charge < -0.3 is 10.2 Å². The van der Waals surface area contributed by atoms with Crippen LogP contribution >= 0.6 is 0 Å². The lowest BCUT2D eigenvalue weighted by molar-refractivity contribution is -0.123. The molecule has 1 aromatic carbocycles. The molecule has 2 aromatic rings.